The van der Waals surface area contributed by atoms with E-state index in [1.54, 1.807) is 48.5 Å². The highest BCUT2D eigenvalue weighted by atomic mass is 32.1. The summed E-state index contributed by atoms with van der Waals surface area (Å²) in [4.78, 5) is 25.1. The summed E-state index contributed by atoms with van der Waals surface area (Å²) in [6, 6.07) is 21.4. The van der Waals surface area contributed by atoms with Gasteiger partial charge >= 0.3 is 0 Å². The fourth-order valence-electron chi connectivity index (χ4n) is 3.12. The van der Waals surface area contributed by atoms with Crippen LogP contribution in [0.25, 0.3) is 0 Å². The smallest absolute Gasteiger partial charge is 0.257 e. The summed E-state index contributed by atoms with van der Waals surface area (Å²) in [5.74, 6) is 0.722. The summed E-state index contributed by atoms with van der Waals surface area (Å²) < 4.78 is 5.68. The molecule has 0 atom stereocenters. The molecule has 0 saturated carbocycles. The Bertz CT molecular complexity index is 1160. The van der Waals surface area contributed by atoms with Crippen LogP contribution in [0.5, 0.6) is 5.75 Å². The first-order chi connectivity index (χ1) is 16.3. The van der Waals surface area contributed by atoms with Crippen LogP contribution in [0.1, 0.15) is 46.5 Å². The molecule has 0 heterocycles. The average Bonchev–Trinajstić information content (AvgIpc) is 2.79. The molecule has 2 amide bonds. The van der Waals surface area contributed by atoms with E-state index in [1.165, 1.54) is 0 Å². The minimum Gasteiger partial charge on any atom is -0.494 e. The first kappa shape index (κ1) is 24.9. The van der Waals surface area contributed by atoms with Gasteiger partial charge in [0, 0.05) is 22.5 Å². The lowest BCUT2D eigenvalue weighted by Crippen LogP contribution is -2.34. The number of nitrogens with one attached hydrogen (secondary N) is 3. The van der Waals surface area contributed by atoms with Crippen molar-refractivity contribution in [3.8, 4) is 5.75 Å². The van der Waals surface area contributed by atoms with Gasteiger partial charge in [-0.25, -0.2) is 0 Å². The molecule has 0 radical (unpaired) electrons. The molecule has 3 rings (SSSR count). The van der Waals surface area contributed by atoms with E-state index in [9.17, 15) is 9.59 Å². The van der Waals surface area contributed by atoms with Crippen LogP contribution in [0.4, 0.5) is 11.4 Å². The van der Waals surface area contributed by atoms with E-state index in [4.69, 9.17) is 17.0 Å². The molecule has 3 aromatic rings. The summed E-state index contributed by atoms with van der Waals surface area (Å²) in [5, 5.41) is 8.63. The van der Waals surface area contributed by atoms with Crippen molar-refractivity contribution in [3.05, 3.63) is 89.5 Å². The Morgan fingerprint density at radius 2 is 1.53 bits per heavy atom. The van der Waals surface area contributed by atoms with Crippen LogP contribution in [-0.4, -0.2) is 23.5 Å². The molecular weight excluding hydrogens is 446 g/mol. The highest BCUT2D eigenvalue weighted by Gasteiger charge is 2.11. The Labute approximate surface area is 205 Å². The summed E-state index contributed by atoms with van der Waals surface area (Å²) in [6.45, 7) is 6.89. The minimum absolute atomic E-state index is 0.138. The second-order valence-electron chi connectivity index (χ2n) is 8.37. The van der Waals surface area contributed by atoms with E-state index in [2.05, 4.69) is 29.8 Å². The SMILES string of the molecule is Cc1cccc(NC(=O)c2cccc(NC(=S)NC(=O)c3ccc(OCCC(C)C)cc3)c2)c1. The minimum atomic E-state index is -0.334. The second-order valence-corrected chi connectivity index (χ2v) is 8.78. The molecule has 0 fully saturated rings. The summed E-state index contributed by atoms with van der Waals surface area (Å²) in [6.07, 6.45) is 0.969. The number of benzene rings is 3. The van der Waals surface area contributed by atoms with Gasteiger partial charge < -0.3 is 15.4 Å². The summed E-state index contributed by atoms with van der Waals surface area (Å²) >= 11 is 5.28. The molecule has 3 N–H and O–H groups in total. The Kier molecular flexibility index (Phi) is 8.76. The van der Waals surface area contributed by atoms with Crippen molar-refractivity contribution >= 4 is 40.5 Å². The zero-order valence-corrected chi connectivity index (χ0v) is 20.4. The maximum Gasteiger partial charge on any atom is 0.257 e. The molecular formula is C27H29N3O3S. The van der Waals surface area contributed by atoms with Gasteiger partial charge in [-0.15, -0.1) is 0 Å². The number of aryl methyl sites for hydroxylation is 1. The Balaban J connectivity index is 1.54. The molecule has 3 aromatic carbocycles. The van der Waals surface area contributed by atoms with Crippen molar-refractivity contribution in [1.29, 1.82) is 0 Å². The third-order valence-electron chi connectivity index (χ3n) is 4.97. The van der Waals surface area contributed by atoms with Gasteiger partial charge in [-0.05, 0) is 91.6 Å². The van der Waals surface area contributed by atoms with Gasteiger partial charge in [-0.2, -0.15) is 0 Å². The van der Waals surface area contributed by atoms with E-state index in [-0.39, 0.29) is 16.9 Å². The number of anilines is 2. The molecule has 0 aliphatic rings. The first-order valence-corrected chi connectivity index (χ1v) is 11.5. The molecule has 0 aliphatic carbocycles. The molecule has 0 spiro atoms. The van der Waals surface area contributed by atoms with Gasteiger partial charge in [0.25, 0.3) is 11.8 Å². The predicted octanol–water partition coefficient (Wildman–Crippen LogP) is 5.80. The molecule has 0 aliphatic heterocycles. The molecule has 6 nitrogen and oxygen atoms in total. The van der Waals surface area contributed by atoms with Crippen molar-refractivity contribution in [2.75, 3.05) is 17.2 Å². The van der Waals surface area contributed by atoms with Gasteiger partial charge in [0.15, 0.2) is 5.11 Å². The molecule has 34 heavy (non-hydrogen) atoms. The van der Waals surface area contributed by atoms with Crippen molar-refractivity contribution < 1.29 is 14.3 Å². The number of amides is 2. The zero-order chi connectivity index (χ0) is 24.5. The molecule has 176 valence electrons. The van der Waals surface area contributed by atoms with E-state index in [0.29, 0.717) is 29.3 Å². The zero-order valence-electron chi connectivity index (χ0n) is 19.6. The van der Waals surface area contributed by atoms with Gasteiger partial charge in [-0.3, -0.25) is 14.9 Å². The number of hydrogen-bond acceptors (Lipinski definition) is 4. The topological polar surface area (TPSA) is 79.5 Å². The van der Waals surface area contributed by atoms with Gasteiger partial charge in [0.2, 0.25) is 0 Å². The maximum atomic E-state index is 12.6. The Hall–Kier alpha value is -3.71. The van der Waals surface area contributed by atoms with E-state index in [1.807, 2.05) is 31.2 Å². The van der Waals surface area contributed by atoms with Gasteiger partial charge in [0.1, 0.15) is 5.75 Å². The largest absolute Gasteiger partial charge is 0.494 e. The lowest BCUT2D eigenvalue weighted by Gasteiger charge is -2.12. The van der Waals surface area contributed by atoms with Crippen LogP contribution >= 0.6 is 12.2 Å². The predicted molar refractivity (Wildman–Crippen MR) is 141 cm³/mol. The molecule has 0 unspecified atom stereocenters. The van der Waals surface area contributed by atoms with Crippen molar-refractivity contribution in [2.24, 2.45) is 5.92 Å². The Morgan fingerprint density at radius 3 is 2.21 bits per heavy atom. The van der Waals surface area contributed by atoms with Crippen LogP contribution in [0.2, 0.25) is 0 Å². The number of hydrogen-bond donors (Lipinski definition) is 3. The van der Waals surface area contributed by atoms with E-state index >= 15 is 0 Å². The maximum absolute atomic E-state index is 12.6. The van der Waals surface area contributed by atoms with Crippen molar-refractivity contribution in [3.63, 3.8) is 0 Å². The average molecular weight is 476 g/mol. The third kappa shape index (κ3) is 7.71. The highest BCUT2D eigenvalue weighted by Crippen LogP contribution is 2.16. The summed E-state index contributed by atoms with van der Waals surface area (Å²) in [7, 11) is 0. The van der Waals surface area contributed by atoms with E-state index < -0.39 is 0 Å². The highest BCUT2D eigenvalue weighted by molar-refractivity contribution is 7.80. The molecule has 7 heteroatoms. The lowest BCUT2D eigenvalue weighted by atomic mass is 10.1. The first-order valence-electron chi connectivity index (χ1n) is 11.1. The fourth-order valence-corrected chi connectivity index (χ4v) is 3.33. The van der Waals surface area contributed by atoms with E-state index in [0.717, 1.165) is 23.4 Å². The molecule has 0 aromatic heterocycles. The quantitative estimate of drug-likeness (QED) is 0.359. The van der Waals surface area contributed by atoms with Crippen LogP contribution in [0, 0.1) is 12.8 Å². The normalized spacial score (nSPS) is 10.5. The van der Waals surface area contributed by atoms with Crippen LogP contribution in [0.15, 0.2) is 72.8 Å². The van der Waals surface area contributed by atoms with Gasteiger partial charge in [-0.1, -0.05) is 32.0 Å². The molecule has 0 saturated heterocycles. The number of thiocarbonyl (C=S) groups is 1. The second kappa shape index (κ2) is 12.0. The standard InChI is InChI=1S/C27H29N3O3S/c1-18(2)14-15-33-24-12-10-20(11-13-24)25(31)30-27(34)29-23-9-5-7-21(17-23)26(32)28-22-8-4-6-19(3)16-22/h4-13,16-18H,14-15H2,1-3H3,(H,28,32)(H2,29,30,31,34). The van der Waals surface area contributed by atoms with Crippen LogP contribution in [-0.2, 0) is 0 Å². The number of carbonyl (C=O) groups is 2. The molecule has 0 bridgehead atoms. The van der Waals surface area contributed by atoms with Gasteiger partial charge in [0.05, 0.1) is 6.61 Å². The number of ether oxygens (including phenoxy) is 1. The lowest BCUT2D eigenvalue weighted by molar-refractivity contribution is 0.0976. The Morgan fingerprint density at radius 1 is 0.853 bits per heavy atom. The monoisotopic (exact) mass is 475 g/mol. The third-order valence-corrected chi connectivity index (χ3v) is 5.17. The fraction of sp³-hybridized carbons (Fsp3) is 0.222. The van der Waals surface area contributed by atoms with Crippen LogP contribution in [0.3, 0.4) is 0 Å². The number of carbonyl (C=O) groups excluding carboxylic acids is 2. The summed E-state index contributed by atoms with van der Waals surface area (Å²) in [5.41, 5.74) is 3.31. The number of rotatable bonds is 8. The van der Waals surface area contributed by atoms with Crippen molar-refractivity contribution in [2.45, 2.75) is 27.2 Å². The van der Waals surface area contributed by atoms with Crippen LogP contribution < -0.4 is 20.7 Å². The van der Waals surface area contributed by atoms with Crippen molar-refractivity contribution in [1.82, 2.24) is 5.32 Å².